The molecule has 8 heteroatoms. The first-order valence-corrected chi connectivity index (χ1v) is 8.02. The van der Waals surface area contributed by atoms with Crippen molar-refractivity contribution < 1.29 is 8.78 Å². The number of halogens is 3. The molecule has 0 atom stereocenters. The first-order valence-electron chi connectivity index (χ1n) is 7.64. The van der Waals surface area contributed by atoms with Gasteiger partial charge in [0.1, 0.15) is 11.4 Å². The smallest absolute Gasteiger partial charge is 0.280 e. The summed E-state index contributed by atoms with van der Waals surface area (Å²) in [6.45, 7) is 3.83. The van der Waals surface area contributed by atoms with Crippen molar-refractivity contribution in [3.05, 3.63) is 46.8 Å². The fourth-order valence-electron chi connectivity index (χ4n) is 2.52. The van der Waals surface area contributed by atoms with Gasteiger partial charge >= 0.3 is 0 Å². The SMILES string of the molecule is CC(C)N/C(=C1/N=C(C(F)F)C=CC1=N)c1cc(Cl)c2[nH]ncc2c1. The number of aromatic amines is 1. The maximum atomic E-state index is 13.1. The van der Waals surface area contributed by atoms with E-state index in [2.05, 4.69) is 20.5 Å². The molecule has 5 nitrogen and oxygen atoms in total. The van der Waals surface area contributed by atoms with Crippen LogP contribution >= 0.6 is 11.6 Å². The molecule has 1 aromatic carbocycles. The second-order valence-corrected chi connectivity index (χ2v) is 6.31. The van der Waals surface area contributed by atoms with Crippen LogP contribution in [-0.2, 0) is 0 Å². The summed E-state index contributed by atoms with van der Waals surface area (Å²) in [5.41, 5.74) is 1.66. The van der Waals surface area contributed by atoms with E-state index in [4.69, 9.17) is 17.0 Å². The van der Waals surface area contributed by atoms with Crippen molar-refractivity contribution >= 4 is 39.6 Å². The van der Waals surface area contributed by atoms with E-state index in [1.54, 1.807) is 12.3 Å². The lowest BCUT2D eigenvalue weighted by Gasteiger charge is -2.20. The number of dihydropyridines is 1. The molecule has 25 heavy (non-hydrogen) atoms. The van der Waals surface area contributed by atoms with Crippen molar-refractivity contribution in [2.75, 3.05) is 0 Å². The van der Waals surface area contributed by atoms with Crippen LogP contribution in [0.3, 0.4) is 0 Å². The Balaban J connectivity index is 2.22. The molecule has 3 rings (SSSR count). The maximum absolute atomic E-state index is 13.1. The minimum Gasteiger partial charge on any atom is -0.381 e. The summed E-state index contributed by atoms with van der Waals surface area (Å²) < 4.78 is 26.1. The highest BCUT2D eigenvalue weighted by atomic mass is 35.5. The highest BCUT2D eigenvalue weighted by molar-refractivity contribution is 6.35. The van der Waals surface area contributed by atoms with Gasteiger partial charge in [-0.15, -0.1) is 0 Å². The second-order valence-electron chi connectivity index (χ2n) is 5.90. The van der Waals surface area contributed by atoms with Crippen LogP contribution in [0.5, 0.6) is 0 Å². The lowest BCUT2D eigenvalue weighted by molar-refractivity contribution is 0.227. The average molecular weight is 364 g/mol. The number of hydrogen-bond donors (Lipinski definition) is 3. The fraction of sp³-hybridized carbons (Fsp3) is 0.235. The van der Waals surface area contributed by atoms with E-state index in [0.29, 0.717) is 21.8 Å². The van der Waals surface area contributed by atoms with Crippen LogP contribution in [0, 0.1) is 5.41 Å². The van der Waals surface area contributed by atoms with E-state index in [0.717, 1.165) is 11.5 Å². The summed E-state index contributed by atoms with van der Waals surface area (Å²) in [7, 11) is 0. The average Bonchev–Trinajstić information content (AvgIpc) is 3.02. The van der Waals surface area contributed by atoms with Crippen LogP contribution in [0.15, 0.2) is 41.2 Å². The first kappa shape index (κ1) is 17.3. The number of alkyl halides is 2. The zero-order chi connectivity index (χ0) is 18.1. The van der Waals surface area contributed by atoms with Crippen molar-refractivity contribution in [3.8, 4) is 0 Å². The minimum atomic E-state index is -2.71. The van der Waals surface area contributed by atoms with E-state index < -0.39 is 6.43 Å². The Morgan fingerprint density at radius 2 is 2.04 bits per heavy atom. The van der Waals surface area contributed by atoms with Crippen molar-refractivity contribution in [2.24, 2.45) is 4.99 Å². The molecule has 0 unspecified atom stereocenters. The zero-order valence-electron chi connectivity index (χ0n) is 13.6. The third-order valence-corrected chi connectivity index (χ3v) is 3.90. The van der Waals surface area contributed by atoms with E-state index in [1.807, 2.05) is 19.9 Å². The molecule has 0 saturated heterocycles. The molecule has 0 spiro atoms. The predicted octanol–water partition coefficient (Wildman–Crippen LogP) is 4.18. The van der Waals surface area contributed by atoms with Gasteiger partial charge in [0.05, 0.1) is 28.1 Å². The van der Waals surface area contributed by atoms with Gasteiger partial charge < -0.3 is 5.32 Å². The monoisotopic (exact) mass is 363 g/mol. The molecule has 0 fully saturated rings. The number of H-pyrrole nitrogens is 1. The highest BCUT2D eigenvalue weighted by Crippen LogP contribution is 2.29. The van der Waals surface area contributed by atoms with E-state index in [-0.39, 0.29) is 23.2 Å². The van der Waals surface area contributed by atoms with Gasteiger partial charge in [0.2, 0.25) is 0 Å². The number of nitrogens with one attached hydrogen (secondary N) is 3. The summed E-state index contributed by atoms with van der Waals surface area (Å²) in [6.07, 6.45) is 1.40. The normalized spacial score (nSPS) is 16.8. The molecule has 0 bridgehead atoms. The molecular formula is C17H16ClF2N5. The van der Waals surface area contributed by atoms with Crippen LogP contribution in [0.2, 0.25) is 5.02 Å². The summed E-state index contributed by atoms with van der Waals surface area (Å²) in [5.74, 6) is 0. The van der Waals surface area contributed by atoms with E-state index >= 15 is 0 Å². The Bertz CT molecular complexity index is 924. The largest absolute Gasteiger partial charge is 0.381 e. The fourth-order valence-corrected chi connectivity index (χ4v) is 2.79. The van der Waals surface area contributed by atoms with Crippen LogP contribution in [-0.4, -0.2) is 34.1 Å². The summed E-state index contributed by atoms with van der Waals surface area (Å²) in [6, 6.07) is 3.53. The molecule has 0 radical (unpaired) electrons. The Kier molecular flexibility index (Phi) is 4.67. The number of fused-ring (bicyclic) bond motifs is 1. The van der Waals surface area contributed by atoms with Crippen LogP contribution < -0.4 is 5.32 Å². The number of aromatic nitrogens is 2. The van der Waals surface area contributed by atoms with Gasteiger partial charge in [-0.1, -0.05) is 11.6 Å². The van der Waals surface area contributed by atoms with Gasteiger partial charge in [0.25, 0.3) is 6.43 Å². The quantitative estimate of drug-likeness (QED) is 0.762. The summed E-state index contributed by atoms with van der Waals surface area (Å²) in [4.78, 5) is 4.00. The molecule has 1 aliphatic heterocycles. The Morgan fingerprint density at radius 3 is 2.72 bits per heavy atom. The van der Waals surface area contributed by atoms with Gasteiger partial charge in [-0.3, -0.25) is 10.5 Å². The number of rotatable bonds is 4. The molecule has 0 amide bonds. The standard InChI is InChI=1S/C17H16ClF2N5/c1-8(2)23-15(16-12(21)3-4-13(24-16)17(19)20)9-5-10-7-22-25-14(10)11(18)6-9/h3-8,17,21,23H,1-2H3,(H,22,25)/b16-15+,21-12?. The topological polar surface area (TPSA) is 76.9 Å². The van der Waals surface area contributed by atoms with Gasteiger partial charge in [0, 0.05) is 17.0 Å². The molecule has 130 valence electrons. The van der Waals surface area contributed by atoms with Gasteiger partial charge in [-0.05, 0) is 38.1 Å². The predicted molar refractivity (Wildman–Crippen MR) is 96.6 cm³/mol. The van der Waals surface area contributed by atoms with Crippen molar-refractivity contribution in [1.82, 2.24) is 15.5 Å². The number of benzene rings is 1. The van der Waals surface area contributed by atoms with Gasteiger partial charge in [-0.25, -0.2) is 13.8 Å². The molecular weight excluding hydrogens is 348 g/mol. The number of aliphatic imine (C=N–C) groups is 1. The van der Waals surface area contributed by atoms with E-state index in [9.17, 15) is 8.78 Å². The Hall–Kier alpha value is -2.54. The molecule has 0 saturated carbocycles. The van der Waals surface area contributed by atoms with Gasteiger partial charge in [-0.2, -0.15) is 5.10 Å². The number of hydrogen-bond acceptors (Lipinski definition) is 4. The Morgan fingerprint density at radius 1 is 1.28 bits per heavy atom. The minimum absolute atomic E-state index is 0.00484. The van der Waals surface area contributed by atoms with Crippen molar-refractivity contribution in [3.63, 3.8) is 0 Å². The van der Waals surface area contributed by atoms with Crippen molar-refractivity contribution in [1.29, 1.82) is 5.41 Å². The molecule has 1 aromatic heterocycles. The van der Waals surface area contributed by atoms with Crippen LogP contribution in [0.25, 0.3) is 16.6 Å². The molecule has 0 aliphatic carbocycles. The molecule has 2 aromatic rings. The number of nitrogens with zero attached hydrogens (tertiary/aromatic N) is 2. The third-order valence-electron chi connectivity index (χ3n) is 3.60. The summed E-state index contributed by atoms with van der Waals surface area (Å²) in [5, 5.41) is 19.3. The zero-order valence-corrected chi connectivity index (χ0v) is 14.3. The maximum Gasteiger partial charge on any atom is 0.280 e. The Labute approximate surface area is 148 Å². The molecule has 3 N–H and O–H groups in total. The summed E-state index contributed by atoms with van der Waals surface area (Å²) >= 11 is 6.29. The van der Waals surface area contributed by atoms with Crippen molar-refractivity contribution in [2.45, 2.75) is 26.3 Å². The first-order chi connectivity index (χ1) is 11.9. The van der Waals surface area contributed by atoms with E-state index in [1.165, 1.54) is 6.08 Å². The van der Waals surface area contributed by atoms with Gasteiger partial charge in [0.15, 0.2) is 0 Å². The van der Waals surface area contributed by atoms with Crippen LogP contribution in [0.1, 0.15) is 19.4 Å². The van der Waals surface area contributed by atoms with Crippen LogP contribution in [0.4, 0.5) is 8.78 Å². The molecule has 2 heterocycles. The lowest BCUT2D eigenvalue weighted by atomic mass is 10.0. The number of allylic oxidation sites excluding steroid dienone is 2. The third kappa shape index (κ3) is 3.46. The highest BCUT2D eigenvalue weighted by Gasteiger charge is 2.21. The molecule has 1 aliphatic rings. The second kappa shape index (κ2) is 6.76. The lowest BCUT2D eigenvalue weighted by Crippen LogP contribution is -2.25.